The molecule has 1 fully saturated rings. The van der Waals surface area contributed by atoms with Crippen LogP contribution in [-0.4, -0.2) is 57.5 Å². The number of carbonyl (C=O) groups excluding carboxylic acids is 1. The minimum absolute atomic E-state index is 0.0383. The van der Waals surface area contributed by atoms with E-state index in [1.165, 1.54) is 19.2 Å². The Hall–Kier alpha value is -2.31. The zero-order valence-electron chi connectivity index (χ0n) is 15.2. The molecule has 3 rings (SSSR count). The maximum atomic E-state index is 14.2. The molecule has 0 bridgehead atoms. The zero-order chi connectivity index (χ0) is 22.2. The number of alkyl halides is 2. The van der Waals surface area contributed by atoms with E-state index in [4.69, 9.17) is 37.8 Å². The number of rotatable bonds is 5. The van der Waals surface area contributed by atoms with Crippen molar-refractivity contribution < 1.29 is 33.3 Å². The van der Waals surface area contributed by atoms with Gasteiger partial charge in [0.2, 0.25) is 6.23 Å². The second-order valence-electron chi connectivity index (χ2n) is 6.26. The number of benzene rings is 1. The van der Waals surface area contributed by atoms with Crippen molar-refractivity contribution in [3.05, 3.63) is 50.5 Å². The molecule has 1 aromatic heterocycles. The molecule has 2 aromatic rings. The van der Waals surface area contributed by atoms with Crippen LogP contribution in [0.3, 0.4) is 0 Å². The number of carbonyl (C=O) groups is 1. The van der Waals surface area contributed by atoms with Gasteiger partial charge in [-0.15, -0.1) is 0 Å². The Bertz CT molecular complexity index is 1010. The number of methoxy groups -OCH3 is 1. The van der Waals surface area contributed by atoms with E-state index in [0.29, 0.717) is 4.57 Å². The van der Waals surface area contributed by atoms with Crippen molar-refractivity contribution in [2.24, 2.45) is 0 Å². The molecule has 30 heavy (non-hydrogen) atoms. The molecule has 1 aromatic carbocycles. The van der Waals surface area contributed by atoms with E-state index < -0.39 is 42.6 Å². The molecule has 0 unspecified atom stereocenters. The van der Waals surface area contributed by atoms with Crippen LogP contribution in [0.5, 0.6) is 5.75 Å². The maximum absolute atomic E-state index is 14.2. The second kappa shape index (κ2) is 8.44. The number of aliphatic hydroxyl groups excluding tert-OH is 2. The number of nitrogens with zero attached hydrogens (tertiary/aromatic N) is 2. The summed E-state index contributed by atoms with van der Waals surface area (Å²) in [6, 6.07) is 3.66. The van der Waals surface area contributed by atoms with Gasteiger partial charge in [0, 0.05) is 11.8 Å². The normalized spacial score (nSPS) is 22.7. The van der Waals surface area contributed by atoms with E-state index in [1.807, 2.05) is 0 Å². The van der Waals surface area contributed by atoms with Gasteiger partial charge in [-0.1, -0.05) is 23.2 Å². The van der Waals surface area contributed by atoms with Gasteiger partial charge >= 0.3 is 11.6 Å². The van der Waals surface area contributed by atoms with E-state index in [-0.39, 0.29) is 27.2 Å². The lowest BCUT2D eigenvalue weighted by Crippen LogP contribution is -2.41. The van der Waals surface area contributed by atoms with Gasteiger partial charge in [0.25, 0.3) is 5.91 Å². The molecular weight excluding hydrogens is 451 g/mol. The van der Waals surface area contributed by atoms with Crippen LogP contribution in [-0.2, 0) is 4.74 Å². The Morgan fingerprint density at radius 2 is 2.03 bits per heavy atom. The molecule has 2 heterocycles. The van der Waals surface area contributed by atoms with Gasteiger partial charge in [-0.3, -0.25) is 9.36 Å². The van der Waals surface area contributed by atoms with Gasteiger partial charge in [-0.05, 0) is 18.2 Å². The SMILES string of the molecule is COc1c(Cl)cc(C(=O)Nc2ccn([C@@H]3O[C@H](CO)[C@@H](O)C3(F)F)c(=O)n2)cc1Cl. The fraction of sp³-hybridized carbons (Fsp3) is 0.353. The number of anilines is 1. The van der Waals surface area contributed by atoms with Crippen molar-refractivity contribution in [3.63, 3.8) is 0 Å². The number of aromatic nitrogens is 2. The lowest BCUT2D eigenvalue weighted by atomic mass is 10.1. The molecule has 162 valence electrons. The largest absolute Gasteiger partial charge is 0.494 e. The van der Waals surface area contributed by atoms with Crippen molar-refractivity contribution in [2.45, 2.75) is 24.4 Å². The van der Waals surface area contributed by atoms with Gasteiger partial charge < -0.3 is 25.0 Å². The first kappa shape index (κ1) is 22.4. The molecule has 3 atom stereocenters. The Morgan fingerprint density at radius 3 is 2.53 bits per heavy atom. The van der Waals surface area contributed by atoms with E-state index >= 15 is 0 Å². The first-order chi connectivity index (χ1) is 14.1. The van der Waals surface area contributed by atoms with Crippen molar-refractivity contribution in [1.29, 1.82) is 0 Å². The van der Waals surface area contributed by atoms with Crippen LogP contribution in [0.25, 0.3) is 0 Å². The summed E-state index contributed by atoms with van der Waals surface area (Å²) >= 11 is 12.0. The monoisotopic (exact) mass is 465 g/mol. The van der Waals surface area contributed by atoms with Gasteiger partial charge in [0.1, 0.15) is 11.9 Å². The molecule has 1 aliphatic heterocycles. The van der Waals surface area contributed by atoms with Gasteiger partial charge in [-0.2, -0.15) is 13.8 Å². The van der Waals surface area contributed by atoms with Crippen LogP contribution in [0.1, 0.15) is 16.6 Å². The smallest absolute Gasteiger partial charge is 0.351 e. The predicted octanol–water partition coefficient (Wildman–Crippen LogP) is 1.70. The number of hydrogen-bond donors (Lipinski definition) is 3. The van der Waals surface area contributed by atoms with Crippen molar-refractivity contribution in [2.75, 3.05) is 19.0 Å². The zero-order valence-corrected chi connectivity index (χ0v) is 16.7. The Balaban J connectivity index is 1.83. The number of halogens is 4. The van der Waals surface area contributed by atoms with Crippen LogP contribution >= 0.6 is 23.2 Å². The molecule has 0 spiro atoms. The van der Waals surface area contributed by atoms with E-state index in [1.54, 1.807) is 0 Å². The third kappa shape index (κ3) is 3.98. The van der Waals surface area contributed by atoms with E-state index in [0.717, 1.165) is 12.3 Å². The average Bonchev–Trinajstić information content (AvgIpc) is 2.91. The van der Waals surface area contributed by atoms with E-state index in [2.05, 4.69) is 10.3 Å². The molecule has 1 amide bonds. The van der Waals surface area contributed by atoms with Crippen LogP contribution < -0.4 is 15.7 Å². The topological polar surface area (TPSA) is 123 Å². The molecule has 9 nitrogen and oxygen atoms in total. The van der Waals surface area contributed by atoms with E-state index in [9.17, 15) is 23.5 Å². The predicted molar refractivity (Wildman–Crippen MR) is 101 cm³/mol. The summed E-state index contributed by atoms with van der Waals surface area (Å²) < 4.78 is 38.7. The van der Waals surface area contributed by atoms with Crippen LogP contribution in [0.15, 0.2) is 29.2 Å². The Kier molecular flexibility index (Phi) is 6.29. The van der Waals surface area contributed by atoms with Gasteiger partial charge in [0.15, 0.2) is 11.9 Å². The van der Waals surface area contributed by atoms with Gasteiger partial charge in [0.05, 0.1) is 23.8 Å². The lowest BCUT2D eigenvalue weighted by molar-refractivity contribution is -0.140. The highest BCUT2D eigenvalue weighted by molar-refractivity contribution is 6.37. The molecular formula is C17H15Cl2F2N3O6. The van der Waals surface area contributed by atoms with Crippen LogP contribution in [0, 0.1) is 0 Å². The summed E-state index contributed by atoms with van der Waals surface area (Å²) in [6.45, 7) is -0.865. The molecule has 1 saturated heterocycles. The van der Waals surface area contributed by atoms with Crippen molar-refractivity contribution in [3.8, 4) is 5.75 Å². The maximum Gasteiger partial charge on any atom is 0.351 e. The number of ether oxygens (including phenoxy) is 2. The summed E-state index contributed by atoms with van der Waals surface area (Å²) in [5.41, 5.74) is -1.13. The fourth-order valence-electron chi connectivity index (χ4n) is 2.85. The molecule has 0 aliphatic carbocycles. The number of amides is 1. The molecule has 3 N–H and O–H groups in total. The second-order valence-corrected chi connectivity index (χ2v) is 7.07. The third-order valence-corrected chi connectivity index (χ3v) is 4.91. The summed E-state index contributed by atoms with van der Waals surface area (Å²) in [4.78, 5) is 28.1. The summed E-state index contributed by atoms with van der Waals surface area (Å²) in [5, 5.41) is 21.1. The summed E-state index contributed by atoms with van der Waals surface area (Å²) in [5.74, 6) is -4.62. The summed E-state index contributed by atoms with van der Waals surface area (Å²) in [7, 11) is 1.35. The van der Waals surface area contributed by atoms with Gasteiger partial charge in [-0.25, -0.2) is 4.79 Å². The molecule has 13 heteroatoms. The standard InChI is InChI=1S/C17H15Cl2F2N3O6/c1-29-12-8(18)4-7(5-9(12)19)14(27)22-11-2-3-24(16(28)23-11)15-17(20,21)13(26)10(6-25)30-15/h2-5,10,13,15,25-26H,6H2,1H3,(H,22,23,27,28)/t10-,13-,15-/m1/s1. The number of aliphatic hydroxyl groups is 2. The van der Waals surface area contributed by atoms with Crippen molar-refractivity contribution >= 4 is 34.9 Å². The Morgan fingerprint density at radius 1 is 1.40 bits per heavy atom. The lowest BCUT2D eigenvalue weighted by Gasteiger charge is -2.21. The molecule has 0 radical (unpaired) electrons. The average molecular weight is 466 g/mol. The first-order valence-corrected chi connectivity index (χ1v) is 9.11. The number of nitrogens with one attached hydrogen (secondary N) is 1. The quantitative estimate of drug-likeness (QED) is 0.613. The number of hydrogen-bond acceptors (Lipinski definition) is 7. The highest BCUT2D eigenvalue weighted by Gasteiger charge is 2.59. The minimum Gasteiger partial charge on any atom is -0.494 e. The highest BCUT2D eigenvalue weighted by atomic mass is 35.5. The van der Waals surface area contributed by atoms with Crippen molar-refractivity contribution in [1.82, 2.24) is 9.55 Å². The van der Waals surface area contributed by atoms with Crippen LogP contribution in [0.4, 0.5) is 14.6 Å². The first-order valence-electron chi connectivity index (χ1n) is 8.36. The highest BCUT2D eigenvalue weighted by Crippen LogP contribution is 2.42. The minimum atomic E-state index is -3.85. The Labute approximate surface area is 177 Å². The fourth-order valence-corrected chi connectivity index (χ4v) is 3.50. The molecule has 1 aliphatic rings. The van der Waals surface area contributed by atoms with Crippen LogP contribution in [0.2, 0.25) is 10.0 Å². The third-order valence-electron chi connectivity index (χ3n) is 4.35. The molecule has 0 saturated carbocycles. The summed E-state index contributed by atoms with van der Waals surface area (Å²) in [6.07, 6.45) is -5.12.